The molecule has 15 heavy (non-hydrogen) atoms. The lowest BCUT2D eigenvalue weighted by atomic mass is 9.97. The van der Waals surface area contributed by atoms with Crippen LogP contribution in [0.2, 0.25) is 0 Å². The molecule has 0 saturated heterocycles. The molecule has 0 unspecified atom stereocenters. The first-order valence-corrected chi connectivity index (χ1v) is 4.84. The minimum atomic E-state index is 0.742. The van der Waals surface area contributed by atoms with E-state index in [9.17, 15) is 0 Å². The van der Waals surface area contributed by atoms with E-state index in [1.165, 1.54) is 5.46 Å². The maximum Gasteiger partial charge on any atom is 0.139 e. The third kappa shape index (κ3) is 2.53. The maximum atomic E-state index is 5.63. The van der Waals surface area contributed by atoms with Gasteiger partial charge in [-0.15, -0.1) is 0 Å². The van der Waals surface area contributed by atoms with Gasteiger partial charge in [0.1, 0.15) is 19.3 Å². The lowest BCUT2D eigenvalue weighted by Crippen LogP contribution is -1.99. The molecule has 0 spiro atoms. The zero-order valence-electron chi connectivity index (χ0n) is 8.60. The van der Waals surface area contributed by atoms with Crippen molar-refractivity contribution in [1.82, 2.24) is 0 Å². The molecule has 0 heterocycles. The van der Waals surface area contributed by atoms with Crippen molar-refractivity contribution in [3.05, 3.63) is 48.5 Å². The van der Waals surface area contributed by atoms with E-state index in [0.29, 0.717) is 0 Å². The van der Waals surface area contributed by atoms with Crippen molar-refractivity contribution in [2.75, 3.05) is 5.73 Å². The van der Waals surface area contributed by atoms with Gasteiger partial charge in [-0.05, 0) is 36.4 Å². The molecular weight excluding hydrogens is 185 g/mol. The minimum absolute atomic E-state index is 0.742. The fraction of sp³-hybridized carbons (Fsp3) is 0. The number of hydrogen-bond acceptors (Lipinski definition) is 2. The quantitative estimate of drug-likeness (QED) is 0.582. The van der Waals surface area contributed by atoms with Crippen molar-refractivity contribution in [3.63, 3.8) is 0 Å². The third-order valence-corrected chi connectivity index (χ3v) is 2.14. The van der Waals surface area contributed by atoms with Gasteiger partial charge in [0.05, 0.1) is 0 Å². The van der Waals surface area contributed by atoms with E-state index in [1.807, 2.05) is 56.4 Å². The highest BCUT2D eigenvalue weighted by Gasteiger charge is 1.95. The number of benzene rings is 2. The first kappa shape index (κ1) is 9.65. The highest BCUT2D eigenvalue weighted by atomic mass is 16.5. The van der Waals surface area contributed by atoms with Crippen molar-refractivity contribution in [2.45, 2.75) is 0 Å². The fourth-order valence-electron chi connectivity index (χ4n) is 1.28. The van der Waals surface area contributed by atoms with E-state index < -0.39 is 0 Å². The zero-order chi connectivity index (χ0) is 10.7. The second-order valence-corrected chi connectivity index (χ2v) is 3.48. The molecule has 2 aromatic carbocycles. The number of nitrogens with two attached hydrogens (primary N) is 1. The van der Waals surface area contributed by atoms with Crippen molar-refractivity contribution < 1.29 is 4.74 Å². The Balaban J connectivity index is 2.15. The Kier molecular flexibility index (Phi) is 2.63. The van der Waals surface area contributed by atoms with Crippen LogP contribution in [0.5, 0.6) is 11.5 Å². The molecule has 0 radical (unpaired) electrons. The van der Waals surface area contributed by atoms with Gasteiger partial charge in [-0.2, -0.15) is 0 Å². The van der Waals surface area contributed by atoms with E-state index in [2.05, 4.69) is 0 Å². The Morgan fingerprint density at radius 2 is 1.27 bits per heavy atom. The van der Waals surface area contributed by atoms with Crippen LogP contribution < -0.4 is 15.9 Å². The summed E-state index contributed by atoms with van der Waals surface area (Å²) in [6.07, 6.45) is 0. The first-order chi connectivity index (χ1) is 7.24. The molecular formula is C12H12BNO. The number of anilines is 1. The average molecular weight is 197 g/mol. The van der Waals surface area contributed by atoms with E-state index in [-0.39, 0.29) is 0 Å². The normalized spacial score (nSPS) is 9.87. The molecule has 2 nitrogen and oxygen atoms in total. The van der Waals surface area contributed by atoms with Crippen molar-refractivity contribution in [1.29, 1.82) is 0 Å². The molecule has 2 N–H and O–H groups in total. The molecule has 0 amide bonds. The second kappa shape index (κ2) is 4.09. The van der Waals surface area contributed by atoms with Crippen LogP contribution in [0.3, 0.4) is 0 Å². The summed E-state index contributed by atoms with van der Waals surface area (Å²) >= 11 is 0. The summed E-state index contributed by atoms with van der Waals surface area (Å²) in [5, 5.41) is 0. The Hall–Kier alpha value is -1.90. The van der Waals surface area contributed by atoms with Crippen LogP contribution in [0.1, 0.15) is 0 Å². The van der Waals surface area contributed by atoms with Gasteiger partial charge in [0.2, 0.25) is 0 Å². The molecule has 0 atom stereocenters. The predicted octanol–water partition coefficient (Wildman–Crippen LogP) is 1.32. The number of hydrogen-bond donors (Lipinski definition) is 1. The predicted molar refractivity (Wildman–Crippen MR) is 65.5 cm³/mol. The summed E-state index contributed by atoms with van der Waals surface area (Å²) in [4.78, 5) is 0. The van der Waals surface area contributed by atoms with Crippen LogP contribution in [0.4, 0.5) is 5.69 Å². The molecule has 0 fully saturated rings. The summed E-state index contributed by atoms with van der Waals surface area (Å²) in [5.74, 6) is 1.64. The Bertz CT molecular complexity index is 393. The Morgan fingerprint density at radius 1 is 0.800 bits per heavy atom. The van der Waals surface area contributed by atoms with Crippen LogP contribution >= 0.6 is 0 Å². The van der Waals surface area contributed by atoms with Crippen LogP contribution in [0, 0.1) is 0 Å². The second-order valence-electron chi connectivity index (χ2n) is 3.48. The number of ether oxygens (including phenoxy) is 1. The van der Waals surface area contributed by atoms with E-state index in [4.69, 9.17) is 10.5 Å². The fourth-order valence-corrected chi connectivity index (χ4v) is 1.28. The smallest absolute Gasteiger partial charge is 0.139 e. The van der Waals surface area contributed by atoms with E-state index in [0.717, 1.165) is 17.2 Å². The highest BCUT2D eigenvalue weighted by molar-refractivity contribution is 6.32. The van der Waals surface area contributed by atoms with E-state index in [1.54, 1.807) is 0 Å². The summed E-state index contributed by atoms with van der Waals surface area (Å²) in [7, 11) is 2.05. The topological polar surface area (TPSA) is 35.2 Å². The lowest BCUT2D eigenvalue weighted by molar-refractivity contribution is 0.483. The van der Waals surface area contributed by atoms with Crippen molar-refractivity contribution >= 4 is 19.0 Å². The first-order valence-electron chi connectivity index (χ1n) is 4.84. The molecule has 0 aliphatic rings. The van der Waals surface area contributed by atoms with E-state index >= 15 is 0 Å². The molecule has 0 saturated carbocycles. The van der Waals surface area contributed by atoms with Crippen LogP contribution in [-0.4, -0.2) is 7.85 Å². The van der Waals surface area contributed by atoms with Gasteiger partial charge in [0.25, 0.3) is 0 Å². The lowest BCUT2D eigenvalue weighted by Gasteiger charge is -2.05. The van der Waals surface area contributed by atoms with Crippen LogP contribution in [0.25, 0.3) is 0 Å². The van der Waals surface area contributed by atoms with Gasteiger partial charge in [-0.1, -0.05) is 17.6 Å². The van der Waals surface area contributed by atoms with Crippen molar-refractivity contribution in [3.8, 4) is 11.5 Å². The van der Waals surface area contributed by atoms with Crippen molar-refractivity contribution in [2.24, 2.45) is 0 Å². The van der Waals surface area contributed by atoms with Gasteiger partial charge < -0.3 is 10.5 Å². The zero-order valence-corrected chi connectivity index (χ0v) is 8.60. The monoisotopic (exact) mass is 197 g/mol. The molecule has 0 aliphatic carbocycles. The summed E-state index contributed by atoms with van der Waals surface area (Å²) in [5.41, 5.74) is 7.55. The van der Waals surface area contributed by atoms with Gasteiger partial charge in [0.15, 0.2) is 0 Å². The van der Waals surface area contributed by atoms with Gasteiger partial charge in [-0.3, -0.25) is 0 Å². The minimum Gasteiger partial charge on any atom is -0.457 e. The summed E-state index contributed by atoms with van der Waals surface area (Å²) in [6, 6.07) is 15.3. The average Bonchev–Trinajstić information content (AvgIpc) is 2.25. The SMILES string of the molecule is Bc1ccc(Oc2ccc(N)cc2)cc1. The molecule has 0 aromatic heterocycles. The molecule has 0 aliphatic heterocycles. The number of rotatable bonds is 2. The number of nitrogen functional groups attached to an aromatic ring is 1. The molecule has 3 heteroatoms. The molecule has 2 rings (SSSR count). The third-order valence-electron chi connectivity index (χ3n) is 2.14. The van der Waals surface area contributed by atoms with Crippen LogP contribution in [0.15, 0.2) is 48.5 Å². The van der Waals surface area contributed by atoms with Crippen LogP contribution in [-0.2, 0) is 0 Å². The largest absolute Gasteiger partial charge is 0.457 e. The molecule has 0 bridgehead atoms. The standard InChI is InChI=1S/C12H12BNO/c13-9-1-5-11(6-2-9)15-12-7-3-10(14)4-8-12/h1-8H,13-14H2. The molecule has 74 valence electrons. The van der Waals surface area contributed by atoms with Gasteiger partial charge in [0, 0.05) is 5.69 Å². The Labute approximate surface area is 90.1 Å². The van der Waals surface area contributed by atoms with Gasteiger partial charge in [-0.25, -0.2) is 0 Å². The van der Waals surface area contributed by atoms with Gasteiger partial charge >= 0.3 is 0 Å². The summed E-state index contributed by atoms with van der Waals surface area (Å²) in [6.45, 7) is 0. The highest BCUT2D eigenvalue weighted by Crippen LogP contribution is 2.20. The molecule has 2 aromatic rings. The Morgan fingerprint density at radius 3 is 1.80 bits per heavy atom. The maximum absolute atomic E-state index is 5.63. The summed E-state index contributed by atoms with van der Waals surface area (Å²) < 4.78 is 5.63.